The Balaban J connectivity index is 2.37. The summed E-state index contributed by atoms with van der Waals surface area (Å²) in [6.45, 7) is 2.18. The summed E-state index contributed by atoms with van der Waals surface area (Å²) in [4.78, 5) is 34.4. The van der Waals surface area contributed by atoms with Gasteiger partial charge < -0.3 is 14.9 Å². The maximum absolute atomic E-state index is 11.5. The fourth-order valence-corrected chi connectivity index (χ4v) is 3.35. The number of aliphatic carboxylic acids is 2. The van der Waals surface area contributed by atoms with Crippen molar-refractivity contribution < 1.29 is 29.3 Å². The average Bonchev–Trinajstić information content (AvgIpc) is 2.92. The number of cyclic esters (lactones) is 1. The maximum Gasteiger partial charge on any atom is 0.349 e. The molecular weight excluding hydrogens is 312 g/mol. The molecule has 138 valence electrons. The molecule has 1 fully saturated rings. The van der Waals surface area contributed by atoms with E-state index in [9.17, 15) is 24.6 Å². The van der Waals surface area contributed by atoms with Gasteiger partial charge in [0.2, 0.25) is 5.60 Å². The molecule has 2 atom stereocenters. The summed E-state index contributed by atoms with van der Waals surface area (Å²) in [6, 6.07) is 0. The number of carbonyl (C=O) groups is 3. The lowest BCUT2D eigenvalue weighted by Gasteiger charge is -2.29. The Morgan fingerprint density at radius 3 is 2.00 bits per heavy atom. The molecule has 0 aliphatic carbocycles. The van der Waals surface area contributed by atoms with Crippen LogP contribution < -0.4 is 0 Å². The zero-order chi connectivity index (χ0) is 18.0. The van der Waals surface area contributed by atoms with Crippen LogP contribution in [-0.4, -0.2) is 33.7 Å². The zero-order valence-electron chi connectivity index (χ0n) is 14.6. The first-order chi connectivity index (χ1) is 11.4. The first kappa shape index (κ1) is 20.5. The zero-order valence-corrected chi connectivity index (χ0v) is 14.6. The Hall–Kier alpha value is -1.59. The van der Waals surface area contributed by atoms with E-state index in [-0.39, 0.29) is 19.3 Å². The molecule has 1 aliphatic rings. The van der Waals surface area contributed by atoms with Gasteiger partial charge in [-0.25, -0.2) is 4.79 Å². The lowest BCUT2D eigenvalue weighted by Crippen LogP contribution is -2.49. The van der Waals surface area contributed by atoms with Crippen molar-refractivity contribution in [3.05, 3.63) is 0 Å². The molecule has 6 heteroatoms. The van der Waals surface area contributed by atoms with Crippen molar-refractivity contribution in [2.45, 2.75) is 89.6 Å². The first-order valence-corrected chi connectivity index (χ1v) is 9.12. The Morgan fingerprint density at radius 2 is 1.58 bits per heavy atom. The lowest BCUT2D eigenvalue weighted by atomic mass is 9.81. The van der Waals surface area contributed by atoms with E-state index in [0.717, 1.165) is 19.3 Å². The van der Waals surface area contributed by atoms with Crippen molar-refractivity contribution in [1.29, 1.82) is 0 Å². The van der Waals surface area contributed by atoms with Gasteiger partial charge in [-0.15, -0.1) is 0 Å². The number of ether oxygens (including phenoxy) is 1. The smallest absolute Gasteiger partial charge is 0.349 e. The highest BCUT2D eigenvalue weighted by atomic mass is 16.6. The molecule has 1 aliphatic heterocycles. The second kappa shape index (κ2) is 10.3. The fraction of sp³-hybridized carbons (Fsp3) is 0.833. The van der Waals surface area contributed by atoms with Gasteiger partial charge in [0.25, 0.3) is 0 Å². The van der Waals surface area contributed by atoms with Crippen molar-refractivity contribution in [3.63, 3.8) is 0 Å². The molecule has 0 amide bonds. The minimum Gasteiger partial charge on any atom is -0.481 e. The lowest BCUT2D eigenvalue weighted by molar-refractivity contribution is -0.182. The molecule has 2 N–H and O–H groups in total. The summed E-state index contributed by atoms with van der Waals surface area (Å²) in [7, 11) is 0. The minimum atomic E-state index is -1.89. The van der Waals surface area contributed by atoms with Crippen LogP contribution in [0.2, 0.25) is 0 Å². The topological polar surface area (TPSA) is 101 Å². The van der Waals surface area contributed by atoms with Gasteiger partial charge >= 0.3 is 17.9 Å². The highest BCUT2D eigenvalue weighted by Gasteiger charge is 2.56. The van der Waals surface area contributed by atoms with E-state index < -0.39 is 29.4 Å². The van der Waals surface area contributed by atoms with E-state index in [0.29, 0.717) is 6.42 Å². The summed E-state index contributed by atoms with van der Waals surface area (Å²) in [5.74, 6) is -4.36. The molecular formula is C18H30O6. The quantitative estimate of drug-likeness (QED) is 0.390. The van der Waals surface area contributed by atoms with Crippen LogP contribution in [0.1, 0.15) is 84.0 Å². The Morgan fingerprint density at radius 1 is 1.04 bits per heavy atom. The van der Waals surface area contributed by atoms with Crippen LogP contribution in [0.3, 0.4) is 0 Å². The normalized spacial score (nSPS) is 21.5. The highest BCUT2D eigenvalue weighted by Crippen LogP contribution is 2.37. The standard InChI is InChI=1S/C18H30O6/c1-2-3-4-5-6-7-8-9-10-11-14(16(20)21)18(17(22)23)13-12-15(19)24-18/h14H,2-13H2,1H3,(H,20,21)(H,22,23). The monoisotopic (exact) mass is 342 g/mol. The second-order valence-electron chi connectivity index (χ2n) is 6.68. The molecule has 1 rings (SSSR count). The average molecular weight is 342 g/mol. The predicted molar refractivity (Wildman–Crippen MR) is 88.7 cm³/mol. The maximum atomic E-state index is 11.5. The van der Waals surface area contributed by atoms with Gasteiger partial charge in [-0.2, -0.15) is 0 Å². The van der Waals surface area contributed by atoms with Crippen LogP contribution in [-0.2, 0) is 19.1 Å². The van der Waals surface area contributed by atoms with Crippen LogP contribution in [0.5, 0.6) is 0 Å². The van der Waals surface area contributed by atoms with Gasteiger partial charge in [-0.3, -0.25) is 9.59 Å². The van der Waals surface area contributed by atoms with E-state index in [2.05, 4.69) is 6.92 Å². The van der Waals surface area contributed by atoms with Gasteiger partial charge in [-0.1, -0.05) is 64.7 Å². The molecule has 0 spiro atoms. The molecule has 0 saturated carbocycles. The highest BCUT2D eigenvalue weighted by molar-refractivity contribution is 5.90. The summed E-state index contributed by atoms with van der Waals surface area (Å²) >= 11 is 0. The van der Waals surface area contributed by atoms with E-state index in [1.54, 1.807) is 0 Å². The van der Waals surface area contributed by atoms with E-state index in [1.165, 1.54) is 32.1 Å². The third-order valence-electron chi connectivity index (χ3n) is 4.82. The molecule has 0 aromatic carbocycles. The number of esters is 1. The van der Waals surface area contributed by atoms with E-state index in [1.807, 2.05) is 0 Å². The SMILES string of the molecule is CCCCCCCCCCCC(C(=O)O)C1(C(=O)O)CCC(=O)O1. The third-order valence-corrected chi connectivity index (χ3v) is 4.82. The summed E-state index contributed by atoms with van der Waals surface area (Å²) in [5, 5.41) is 18.8. The van der Waals surface area contributed by atoms with Gasteiger partial charge in [0.05, 0.1) is 0 Å². The van der Waals surface area contributed by atoms with Crippen LogP contribution in [0.4, 0.5) is 0 Å². The third kappa shape index (κ3) is 5.80. The van der Waals surface area contributed by atoms with E-state index >= 15 is 0 Å². The number of carbonyl (C=O) groups excluding carboxylic acids is 1. The van der Waals surface area contributed by atoms with Gasteiger partial charge in [0.15, 0.2) is 0 Å². The van der Waals surface area contributed by atoms with Crippen LogP contribution in [0.15, 0.2) is 0 Å². The molecule has 0 radical (unpaired) electrons. The Labute approximate surface area is 143 Å². The molecule has 24 heavy (non-hydrogen) atoms. The largest absolute Gasteiger partial charge is 0.481 e. The van der Waals surface area contributed by atoms with Crippen LogP contribution >= 0.6 is 0 Å². The predicted octanol–water partition coefficient (Wildman–Crippen LogP) is 3.77. The van der Waals surface area contributed by atoms with Gasteiger partial charge in [0.1, 0.15) is 5.92 Å². The molecule has 6 nitrogen and oxygen atoms in total. The Bertz CT molecular complexity index is 433. The molecule has 1 heterocycles. The number of carboxylic acid groups (broad SMARTS) is 2. The Kier molecular flexibility index (Phi) is 8.79. The van der Waals surface area contributed by atoms with Crippen LogP contribution in [0.25, 0.3) is 0 Å². The van der Waals surface area contributed by atoms with Crippen molar-refractivity contribution in [1.82, 2.24) is 0 Å². The number of hydrogen-bond donors (Lipinski definition) is 2. The number of rotatable bonds is 13. The second-order valence-corrected chi connectivity index (χ2v) is 6.68. The molecule has 2 unspecified atom stereocenters. The molecule has 0 bridgehead atoms. The minimum absolute atomic E-state index is 0.0339. The van der Waals surface area contributed by atoms with Crippen LogP contribution in [0, 0.1) is 5.92 Å². The molecule has 1 saturated heterocycles. The number of unbranched alkanes of at least 4 members (excludes halogenated alkanes) is 8. The van der Waals surface area contributed by atoms with Crippen molar-refractivity contribution >= 4 is 17.9 Å². The first-order valence-electron chi connectivity index (χ1n) is 9.12. The van der Waals surface area contributed by atoms with Crippen molar-refractivity contribution in [3.8, 4) is 0 Å². The molecule has 0 aromatic heterocycles. The molecule has 0 aromatic rings. The summed E-state index contributed by atoms with van der Waals surface area (Å²) in [6.07, 6.45) is 10.0. The van der Waals surface area contributed by atoms with Gasteiger partial charge in [0, 0.05) is 12.8 Å². The summed E-state index contributed by atoms with van der Waals surface area (Å²) < 4.78 is 4.95. The van der Waals surface area contributed by atoms with Gasteiger partial charge in [-0.05, 0) is 6.42 Å². The van der Waals surface area contributed by atoms with E-state index in [4.69, 9.17) is 4.74 Å². The number of carboxylic acids is 2. The van der Waals surface area contributed by atoms with Crippen molar-refractivity contribution in [2.75, 3.05) is 0 Å². The summed E-state index contributed by atoms with van der Waals surface area (Å²) in [5.41, 5.74) is -1.89. The number of hydrogen-bond acceptors (Lipinski definition) is 4. The van der Waals surface area contributed by atoms with Crippen molar-refractivity contribution in [2.24, 2.45) is 5.92 Å². The fourth-order valence-electron chi connectivity index (χ4n) is 3.35.